The fraction of sp³-hybridized carbons (Fsp3) is 0.434. The second kappa shape index (κ2) is 11.0. The second-order valence-electron chi connectivity index (χ2n) is 20.4. The molecule has 0 spiro atoms. The molecule has 5 aromatic rings. The lowest BCUT2D eigenvalue weighted by molar-refractivity contribution is -0.00518. The molecule has 0 aromatic heterocycles. The van der Waals surface area contributed by atoms with E-state index in [-0.39, 0.29) is 10.8 Å². The molecule has 8 aliphatic carbocycles. The van der Waals surface area contributed by atoms with Crippen molar-refractivity contribution in [3.05, 3.63) is 137 Å². The summed E-state index contributed by atoms with van der Waals surface area (Å²) in [6, 6.07) is 41.2. The van der Waals surface area contributed by atoms with Gasteiger partial charge in [0.25, 0.3) is 0 Å². The maximum atomic E-state index is 2.57. The fourth-order valence-electron chi connectivity index (χ4n) is 14.7. The summed E-state index contributed by atoms with van der Waals surface area (Å²) in [5, 5.41) is 0. The molecule has 3 atom stereocenters. The minimum Gasteiger partial charge on any atom is -0.310 e. The average Bonchev–Trinajstić information content (AvgIpc) is 3.92. The van der Waals surface area contributed by atoms with Gasteiger partial charge in [0.15, 0.2) is 0 Å². The van der Waals surface area contributed by atoms with Gasteiger partial charge in [-0.1, -0.05) is 101 Å². The van der Waals surface area contributed by atoms with Gasteiger partial charge in [0, 0.05) is 27.9 Å². The largest absolute Gasteiger partial charge is 0.310 e. The van der Waals surface area contributed by atoms with Gasteiger partial charge in [-0.25, -0.2) is 0 Å². The topological polar surface area (TPSA) is 3.24 Å². The van der Waals surface area contributed by atoms with Gasteiger partial charge >= 0.3 is 0 Å². The molecule has 13 rings (SSSR count). The molecule has 8 aliphatic rings. The molecule has 6 saturated carbocycles. The van der Waals surface area contributed by atoms with Crippen molar-refractivity contribution in [1.29, 1.82) is 0 Å². The van der Waals surface area contributed by atoms with E-state index in [1.165, 1.54) is 126 Å². The highest BCUT2D eigenvalue weighted by Crippen LogP contribution is 2.62. The molecule has 0 heterocycles. The number of hydrogen-bond acceptors (Lipinski definition) is 1. The highest BCUT2D eigenvalue weighted by atomic mass is 15.1. The van der Waals surface area contributed by atoms with Gasteiger partial charge in [0.1, 0.15) is 0 Å². The first kappa shape index (κ1) is 32.2. The number of nitrogens with zero attached hydrogens (tertiary/aromatic N) is 1. The summed E-state index contributed by atoms with van der Waals surface area (Å²) in [4.78, 5) is 2.57. The molecule has 6 fully saturated rings. The molecule has 5 aromatic carbocycles. The van der Waals surface area contributed by atoms with Crippen molar-refractivity contribution in [1.82, 2.24) is 0 Å². The Morgan fingerprint density at radius 2 is 1.04 bits per heavy atom. The van der Waals surface area contributed by atoms with Crippen LogP contribution < -0.4 is 4.90 Å². The summed E-state index contributed by atoms with van der Waals surface area (Å²) >= 11 is 0. The van der Waals surface area contributed by atoms with E-state index in [1.807, 2.05) is 0 Å². The predicted octanol–water partition coefficient (Wildman–Crippen LogP) is 14.1. The molecule has 54 heavy (non-hydrogen) atoms. The van der Waals surface area contributed by atoms with Crippen LogP contribution in [0.2, 0.25) is 0 Å². The number of rotatable bonds is 5. The van der Waals surface area contributed by atoms with Gasteiger partial charge in [0.05, 0.1) is 0 Å². The first-order chi connectivity index (χ1) is 26.2. The van der Waals surface area contributed by atoms with Gasteiger partial charge < -0.3 is 4.90 Å². The van der Waals surface area contributed by atoms with E-state index in [9.17, 15) is 0 Å². The fourth-order valence-corrected chi connectivity index (χ4v) is 14.7. The molecule has 0 saturated heterocycles. The molecule has 0 amide bonds. The van der Waals surface area contributed by atoms with Crippen LogP contribution in [0.4, 0.5) is 17.1 Å². The van der Waals surface area contributed by atoms with Gasteiger partial charge in [0.2, 0.25) is 0 Å². The van der Waals surface area contributed by atoms with Crippen LogP contribution in [0.5, 0.6) is 0 Å². The van der Waals surface area contributed by atoms with Crippen molar-refractivity contribution in [3.8, 4) is 22.3 Å². The highest BCUT2D eigenvalue weighted by molar-refractivity contribution is 5.92. The minimum atomic E-state index is -0.120. The molecule has 3 unspecified atom stereocenters. The first-order valence-electron chi connectivity index (χ1n) is 21.6. The van der Waals surface area contributed by atoms with E-state index in [4.69, 9.17) is 0 Å². The average molecular weight is 706 g/mol. The van der Waals surface area contributed by atoms with E-state index in [2.05, 4.69) is 136 Å². The predicted molar refractivity (Wildman–Crippen MR) is 224 cm³/mol. The van der Waals surface area contributed by atoms with E-state index in [0.29, 0.717) is 5.41 Å². The normalized spacial score (nSPS) is 31.0. The van der Waals surface area contributed by atoms with Crippen molar-refractivity contribution in [2.24, 2.45) is 29.6 Å². The van der Waals surface area contributed by atoms with Crippen LogP contribution in [0.1, 0.15) is 131 Å². The lowest BCUT2D eigenvalue weighted by atomic mass is 9.48. The van der Waals surface area contributed by atoms with Gasteiger partial charge in [-0.15, -0.1) is 0 Å². The smallest absolute Gasteiger partial charge is 0.0465 e. The number of fused-ring (bicyclic) bond motifs is 9. The Morgan fingerprint density at radius 1 is 0.481 bits per heavy atom. The molecular weight excluding hydrogens is 651 g/mol. The summed E-state index contributed by atoms with van der Waals surface area (Å²) in [6.07, 6.45) is 14.5. The summed E-state index contributed by atoms with van der Waals surface area (Å²) in [5.41, 5.74) is 18.9. The molecule has 0 radical (unpaired) electrons. The van der Waals surface area contributed by atoms with Crippen LogP contribution in [-0.4, -0.2) is 0 Å². The Balaban J connectivity index is 0.957. The van der Waals surface area contributed by atoms with Crippen molar-refractivity contribution in [3.63, 3.8) is 0 Å². The van der Waals surface area contributed by atoms with Gasteiger partial charge in [-0.3, -0.25) is 0 Å². The Bertz CT molecular complexity index is 2300. The SMILES string of the molecule is CC1(C)c2ccccc2-c2ccc3c(c21)C(C)(C)c1cc(N(c2ccc(C4CC5CCC4C5)cc2)c2ccc(C45CC6CC(CC(C6)C4)C5)cc2)ccc1-3. The zero-order valence-electron chi connectivity index (χ0n) is 32.8. The maximum Gasteiger partial charge on any atom is 0.0465 e. The van der Waals surface area contributed by atoms with Crippen molar-refractivity contribution >= 4 is 17.1 Å². The van der Waals surface area contributed by atoms with Gasteiger partial charge in [-0.2, -0.15) is 0 Å². The van der Waals surface area contributed by atoms with Gasteiger partial charge in [-0.05, 0) is 191 Å². The minimum absolute atomic E-state index is 0.0372. The molecular formula is C53H55N. The lowest BCUT2D eigenvalue weighted by Gasteiger charge is -2.57. The lowest BCUT2D eigenvalue weighted by Crippen LogP contribution is -2.48. The number of anilines is 3. The monoisotopic (exact) mass is 705 g/mol. The maximum absolute atomic E-state index is 2.57. The highest BCUT2D eigenvalue weighted by Gasteiger charge is 2.52. The van der Waals surface area contributed by atoms with Crippen LogP contribution in [-0.2, 0) is 16.2 Å². The summed E-state index contributed by atoms with van der Waals surface area (Å²) in [6.45, 7) is 9.85. The zero-order chi connectivity index (χ0) is 36.1. The molecule has 1 nitrogen and oxygen atoms in total. The Kier molecular flexibility index (Phi) is 6.57. The second-order valence-corrected chi connectivity index (χ2v) is 20.4. The standard InChI is InChI=1S/C53H55N/c1-51(2)47-8-6-5-7-42(47)44-21-22-45-43-20-19-41(28-48(43)52(3,4)50(45)49(44)51)54(39-15-11-36(12-16-39)46-27-32-9-10-37(46)26-32)40-17-13-38(14-18-40)53-29-33-23-34(30-53)25-35(24-33)31-53/h5-8,11-22,28,32-35,37,46H,9-10,23-27,29-31H2,1-4H3. The number of benzene rings is 5. The van der Waals surface area contributed by atoms with Crippen LogP contribution >= 0.6 is 0 Å². The van der Waals surface area contributed by atoms with E-state index < -0.39 is 0 Å². The summed E-state index contributed by atoms with van der Waals surface area (Å²) < 4.78 is 0. The van der Waals surface area contributed by atoms with Crippen LogP contribution in [0.3, 0.4) is 0 Å². The molecule has 272 valence electrons. The third kappa shape index (κ3) is 4.39. The van der Waals surface area contributed by atoms with E-state index >= 15 is 0 Å². The van der Waals surface area contributed by atoms with E-state index in [1.54, 1.807) is 11.1 Å². The van der Waals surface area contributed by atoms with Crippen LogP contribution in [0.15, 0.2) is 103 Å². The van der Waals surface area contributed by atoms with E-state index in [0.717, 1.165) is 35.5 Å². The Hall–Kier alpha value is -4.10. The Morgan fingerprint density at radius 3 is 1.65 bits per heavy atom. The third-order valence-corrected chi connectivity index (χ3v) is 16.7. The quantitative estimate of drug-likeness (QED) is 0.176. The molecule has 1 heteroatoms. The van der Waals surface area contributed by atoms with Crippen LogP contribution in [0.25, 0.3) is 22.3 Å². The zero-order valence-corrected chi connectivity index (χ0v) is 32.8. The molecule has 0 aliphatic heterocycles. The molecule has 6 bridgehead atoms. The number of hydrogen-bond donors (Lipinski definition) is 0. The van der Waals surface area contributed by atoms with Crippen molar-refractivity contribution < 1.29 is 0 Å². The summed E-state index contributed by atoms with van der Waals surface area (Å²) in [5.74, 6) is 5.49. The molecule has 0 N–H and O–H groups in total. The summed E-state index contributed by atoms with van der Waals surface area (Å²) in [7, 11) is 0. The van der Waals surface area contributed by atoms with Crippen LogP contribution in [0, 0.1) is 29.6 Å². The Labute approximate surface area is 323 Å². The first-order valence-corrected chi connectivity index (χ1v) is 21.6. The van der Waals surface area contributed by atoms with Crippen molar-refractivity contribution in [2.45, 2.75) is 114 Å². The third-order valence-electron chi connectivity index (χ3n) is 16.7. The van der Waals surface area contributed by atoms with Crippen molar-refractivity contribution in [2.75, 3.05) is 4.90 Å².